The van der Waals surface area contributed by atoms with Gasteiger partial charge < -0.3 is 9.30 Å². The molecule has 0 aliphatic carbocycles. The smallest absolute Gasteiger partial charge is 0.279 e. The van der Waals surface area contributed by atoms with Crippen molar-refractivity contribution >= 4 is 27.5 Å². The molecule has 23 heavy (non-hydrogen) atoms. The summed E-state index contributed by atoms with van der Waals surface area (Å²) in [5.41, 5.74) is 2.62. The summed E-state index contributed by atoms with van der Waals surface area (Å²) in [4.78, 5) is 17.4. The van der Waals surface area contributed by atoms with Crippen LogP contribution in [0, 0.1) is 6.92 Å². The number of thiazole rings is 1. The number of rotatable bonds is 3. The summed E-state index contributed by atoms with van der Waals surface area (Å²) in [6.45, 7) is 4.52. The molecule has 4 nitrogen and oxygen atoms in total. The van der Waals surface area contributed by atoms with Gasteiger partial charge in [0.2, 0.25) is 0 Å². The van der Waals surface area contributed by atoms with Gasteiger partial charge in [-0.1, -0.05) is 35.1 Å². The number of carbonyl (C=O) groups is 1. The molecule has 0 N–H and O–H groups in total. The third kappa shape index (κ3) is 3.05. The Bertz CT molecular complexity index is 938. The van der Waals surface area contributed by atoms with Crippen molar-refractivity contribution in [2.24, 2.45) is 12.0 Å². The first kappa shape index (κ1) is 15.5. The predicted molar refractivity (Wildman–Crippen MR) is 93.0 cm³/mol. The standard InChI is InChI=1S/C18H18N2O2S/c1-4-22-14-9-6-10-15-16(14)20(3)18(23-15)19-17(21)13-8-5-7-12(2)11-13/h5-11H,4H2,1-3H3. The molecule has 0 aliphatic heterocycles. The Hall–Kier alpha value is -2.40. The van der Waals surface area contributed by atoms with E-state index in [-0.39, 0.29) is 5.91 Å². The molecule has 0 fully saturated rings. The molecule has 0 saturated carbocycles. The number of nitrogens with zero attached hydrogens (tertiary/aromatic N) is 2. The summed E-state index contributed by atoms with van der Waals surface area (Å²) in [6.07, 6.45) is 0. The topological polar surface area (TPSA) is 43.6 Å². The molecule has 0 bridgehead atoms. The van der Waals surface area contributed by atoms with E-state index in [1.54, 1.807) is 6.07 Å². The first-order chi connectivity index (χ1) is 11.1. The Labute approximate surface area is 138 Å². The first-order valence-electron chi connectivity index (χ1n) is 7.47. The SMILES string of the molecule is CCOc1cccc2sc(=NC(=O)c3cccc(C)c3)n(C)c12. The zero-order valence-corrected chi connectivity index (χ0v) is 14.2. The van der Waals surface area contributed by atoms with Crippen molar-refractivity contribution in [1.29, 1.82) is 0 Å². The van der Waals surface area contributed by atoms with Gasteiger partial charge >= 0.3 is 0 Å². The monoisotopic (exact) mass is 326 g/mol. The highest BCUT2D eigenvalue weighted by atomic mass is 32.1. The van der Waals surface area contributed by atoms with Gasteiger partial charge in [0.25, 0.3) is 5.91 Å². The second kappa shape index (κ2) is 6.38. The molecular formula is C18H18N2O2S. The zero-order valence-electron chi connectivity index (χ0n) is 13.4. The normalized spacial score (nSPS) is 11.9. The van der Waals surface area contributed by atoms with E-state index in [0.717, 1.165) is 21.5 Å². The van der Waals surface area contributed by atoms with Crippen LogP contribution in [-0.2, 0) is 7.05 Å². The van der Waals surface area contributed by atoms with Gasteiger partial charge in [0.1, 0.15) is 11.3 Å². The van der Waals surface area contributed by atoms with Crippen LogP contribution in [-0.4, -0.2) is 17.1 Å². The van der Waals surface area contributed by atoms with Crippen molar-refractivity contribution in [3.63, 3.8) is 0 Å². The van der Waals surface area contributed by atoms with Gasteiger partial charge in [-0.2, -0.15) is 4.99 Å². The third-order valence-electron chi connectivity index (χ3n) is 3.55. The number of hydrogen-bond donors (Lipinski definition) is 0. The summed E-state index contributed by atoms with van der Waals surface area (Å²) in [5.74, 6) is 0.585. The number of para-hydroxylation sites is 1. The van der Waals surface area contributed by atoms with E-state index < -0.39 is 0 Å². The van der Waals surface area contributed by atoms with E-state index in [9.17, 15) is 4.79 Å². The van der Waals surface area contributed by atoms with E-state index >= 15 is 0 Å². The molecule has 0 aliphatic rings. The highest BCUT2D eigenvalue weighted by Gasteiger charge is 2.10. The number of ether oxygens (including phenoxy) is 1. The quantitative estimate of drug-likeness (QED) is 0.737. The van der Waals surface area contributed by atoms with Gasteiger partial charge in [0.05, 0.1) is 11.3 Å². The Morgan fingerprint density at radius 3 is 2.78 bits per heavy atom. The third-order valence-corrected chi connectivity index (χ3v) is 4.64. The van der Waals surface area contributed by atoms with Crippen LogP contribution in [0.1, 0.15) is 22.8 Å². The lowest BCUT2D eigenvalue weighted by atomic mass is 10.1. The number of aryl methyl sites for hydroxylation is 2. The van der Waals surface area contributed by atoms with Crippen molar-refractivity contribution in [3.8, 4) is 5.75 Å². The molecule has 0 saturated heterocycles. The molecule has 0 atom stereocenters. The minimum absolute atomic E-state index is 0.228. The number of hydrogen-bond acceptors (Lipinski definition) is 3. The van der Waals surface area contributed by atoms with Crippen LogP contribution in [0.3, 0.4) is 0 Å². The molecule has 3 aromatic rings. The number of carbonyl (C=O) groups excluding carboxylic acids is 1. The fourth-order valence-electron chi connectivity index (χ4n) is 2.48. The lowest BCUT2D eigenvalue weighted by Crippen LogP contribution is -2.13. The molecular weight excluding hydrogens is 308 g/mol. The van der Waals surface area contributed by atoms with E-state index in [1.165, 1.54) is 11.3 Å². The van der Waals surface area contributed by atoms with Gasteiger partial charge in [-0.3, -0.25) is 4.79 Å². The molecule has 0 unspecified atom stereocenters. The minimum Gasteiger partial charge on any atom is -0.492 e. The molecule has 1 amide bonds. The maximum absolute atomic E-state index is 12.4. The number of fused-ring (bicyclic) bond motifs is 1. The zero-order chi connectivity index (χ0) is 16.4. The van der Waals surface area contributed by atoms with E-state index in [2.05, 4.69) is 4.99 Å². The van der Waals surface area contributed by atoms with Crippen LogP contribution in [0.2, 0.25) is 0 Å². The largest absolute Gasteiger partial charge is 0.492 e. The predicted octanol–water partition coefficient (Wildman–Crippen LogP) is 3.69. The van der Waals surface area contributed by atoms with Crippen molar-refractivity contribution in [2.75, 3.05) is 6.61 Å². The van der Waals surface area contributed by atoms with Crippen LogP contribution in [0.15, 0.2) is 47.5 Å². The van der Waals surface area contributed by atoms with Gasteiger partial charge in [0.15, 0.2) is 4.80 Å². The van der Waals surface area contributed by atoms with E-state index in [0.29, 0.717) is 17.0 Å². The maximum atomic E-state index is 12.4. The Morgan fingerprint density at radius 2 is 2.04 bits per heavy atom. The first-order valence-corrected chi connectivity index (χ1v) is 8.29. The lowest BCUT2D eigenvalue weighted by molar-refractivity contribution is 0.0998. The van der Waals surface area contributed by atoms with Crippen molar-refractivity contribution < 1.29 is 9.53 Å². The van der Waals surface area contributed by atoms with Gasteiger partial charge in [-0.15, -0.1) is 0 Å². The van der Waals surface area contributed by atoms with Crippen LogP contribution >= 0.6 is 11.3 Å². The molecule has 1 heterocycles. The highest BCUT2D eigenvalue weighted by molar-refractivity contribution is 7.16. The fraction of sp³-hybridized carbons (Fsp3) is 0.222. The van der Waals surface area contributed by atoms with E-state index in [1.807, 2.05) is 61.9 Å². The van der Waals surface area contributed by atoms with Crippen LogP contribution in [0.5, 0.6) is 5.75 Å². The second-order valence-corrected chi connectivity index (χ2v) is 6.28. The van der Waals surface area contributed by atoms with Gasteiger partial charge in [-0.05, 0) is 38.1 Å². The van der Waals surface area contributed by atoms with Crippen LogP contribution < -0.4 is 9.54 Å². The van der Waals surface area contributed by atoms with Crippen molar-refractivity contribution in [1.82, 2.24) is 4.57 Å². The highest BCUT2D eigenvalue weighted by Crippen LogP contribution is 2.26. The summed E-state index contributed by atoms with van der Waals surface area (Å²) in [7, 11) is 1.91. The van der Waals surface area contributed by atoms with Gasteiger partial charge in [-0.25, -0.2) is 0 Å². The lowest BCUT2D eigenvalue weighted by Gasteiger charge is -2.05. The fourth-order valence-corrected chi connectivity index (χ4v) is 3.51. The van der Waals surface area contributed by atoms with Gasteiger partial charge in [0, 0.05) is 12.6 Å². The molecule has 3 rings (SSSR count). The Balaban J connectivity index is 2.11. The van der Waals surface area contributed by atoms with Crippen molar-refractivity contribution in [2.45, 2.75) is 13.8 Å². The summed E-state index contributed by atoms with van der Waals surface area (Å²) < 4.78 is 8.64. The summed E-state index contributed by atoms with van der Waals surface area (Å²) >= 11 is 1.49. The average molecular weight is 326 g/mol. The summed E-state index contributed by atoms with van der Waals surface area (Å²) in [6, 6.07) is 13.4. The van der Waals surface area contributed by atoms with Crippen LogP contribution in [0.25, 0.3) is 10.2 Å². The molecule has 2 aromatic carbocycles. The van der Waals surface area contributed by atoms with E-state index in [4.69, 9.17) is 4.74 Å². The van der Waals surface area contributed by atoms with Crippen molar-refractivity contribution in [3.05, 3.63) is 58.4 Å². The summed E-state index contributed by atoms with van der Waals surface area (Å²) in [5, 5.41) is 0. The average Bonchev–Trinajstić information content (AvgIpc) is 2.85. The molecule has 0 radical (unpaired) electrons. The number of amides is 1. The number of benzene rings is 2. The molecule has 1 aromatic heterocycles. The molecule has 118 valence electrons. The minimum atomic E-state index is -0.228. The molecule has 0 spiro atoms. The Kier molecular flexibility index (Phi) is 4.30. The molecule has 5 heteroatoms. The number of aromatic nitrogens is 1. The maximum Gasteiger partial charge on any atom is 0.279 e. The second-order valence-electron chi connectivity index (χ2n) is 5.27. The Morgan fingerprint density at radius 1 is 1.26 bits per heavy atom. The van der Waals surface area contributed by atoms with Crippen LogP contribution in [0.4, 0.5) is 0 Å².